The molecule has 1 aromatic heterocycles. The molecule has 1 saturated heterocycles. The minimum atomic E-state index is -2.48. The van der Waals surface area contributed by atoms with Crippen molar-refractivity contribution < 1.29 is 22.8 Å². The normalized spacial score (nSPS) is 14.8. The van der Waals surface area contributed by atoms with E-state index < -0.39 is 5.76 Å². The second-order valence-corrected chi connectivity index (χ2v) is 6.56. The zero-order valence-corrected chi connectivity index (χ0v) is 14.0. The van der Waals surface area contributed by atoms with Crippen molar-refractivity contribution in [3.05, 3.63) is 54.0 Å². The molecule has 0 unspecified atom stereocenters. The van der Waals surface area contributed by atoms with Gasteiger partial charge in [0.25, 0.3) is 17.6 Å². The molecule has 2 amide bonds. The number of benzene rings is 1. The van der Waals surface area contributed by atoms with Gasteiger partial charge in [-0.05, 0) is 30.3 Å². The Hall–Kier alpha value is -2.35. The van der Waals surface area contributed by atoms with Crippen molar-refractivity contribution in [3.63, 3.8) is 0 Å². The van der Waals surface area contributed by atoms with Gasteiger partial charge in [0, 0.05) is 36.6 Å². The largest absolute Gasteiger partial charge is 0.472 e. The van der Waals surface area contributed by atoms with Crippen LogP contribution in [0.3, 0.4) is 0 Å². The number of furan rings is 1. The molecule has 0 radical (unpaired) electrons. The summed E-state index contributed by atoms with van der Waals surface area (Å²) in [7, 11) is 0. The van der Waals surface area contributed by atoms with E-state index >= 15 is 0 Å². The van der Waals surface area contributed by atoms with E-state index in [1.54, 1.807) is 28.0 Å². The maximum absolute atomic E-state index is 12.5. The molecule has 3 rings (SSSR count). The van der Waals surface area contributed by atoms with E-state index in [1.165, 1.54) is 24.7 Å². The Bertz CT molecular complexity index is 727. The Kier molecular flexibility index (Phi) is 5.37. The molecule has 2 aromatic rings. The van der Waals surface area contributed by atoms with E-state index in [4.69, 9.17) is 4.42 Å². The van der Waals surface area contributed by atoms with Gasteiger partial charge in [-0.2, -0.15) is 8.78 Å². The summed E-state index contributed by atoms with van der Waals surface area (Å²) in [5, 5.41) is 0. The van der Waals surface area contributed by atoms with Crippen molar-refractivity contribution in [2.24, 2.45) is 0 Å². The first-order valence-corrected chi connectivity index (χ1v) is 8.58. The molecule has 2 heterocycles. The molecule has 1 aliphatic rings. The molecule has 25 heavy (non-hydrogen) atoms. The molecule has 1 aromatic carbocycles. The van der Waals surface area contributed by atoms with E-state index in [2.05, 4.69) is 0 Å². The summed E-state index contributed by atoms with van der Waals surface area (Å²) in [6.45, 7) is 1.73. The number of hydrogen-bond donors (Lipinski definition) is 0. The van der Waals surface area contributed by atoms with Crippen molar-refractivity contribution in [2.45, 2.75) is 10.7 Å². The Morgan fingerprint density at radius 1 is 0.920 bits per heavy atom. The summed E-state index contributed by atoms with van der Waals surface area (Å²) in [6, 6.07) is 7.75. The molecular weight excluding hydrogens is 350 g/mol. The fourth-order valence-electron chi connectivity index (χ4n) is 2.64. The van der Waals surface area contributed by atoms with Crippen molar-refractivity contribution in [3.8, 4) is 0 Å². The lowest BCUT2D eigenvalue weighted by molar-refractivity contribution is 0.0535. The average molecular weight is 366 g/mol. The molecule has 1 aliphatic heterocycles. The topological polar surface area (TPSA) is 53.8 Å². The summed E-state index contributed by atoms with van der Waals surface area (Å²) < 4.78 is 29.6. The van der Waals surface area contributed by atoms with Gasteiger partial charge in [-0.3, -0.25) is 9.59 Å². The number of halogens is 2. The molecular formula is C17H16F2N2O3S. The Morgan fingerprint density at radius 3 is 1.96 bits per heavy atom. The van der Waals surface area contributed by atoms with E-state index in [0.717, 1.165) is 0 Å². The van der Waals surface area contributed by atoms with Gasteiger partial charge in [-0.15, -0.1) is 0 Å². The highest BCUT2D eigenvalue weighted by Crippen LogP contribution is 2.25. The van der Waals surface area contributed by atoms with Crippen LogP contribution in [0.1, 0.15) is 20.7 Å². The molecule has 0 spiro atoms. The van der Waals surface area contributed by atoms with Gasteiger partial charge in [0.15, 0.2) is 0 Å². The highest BCUT2D eigenvalue weighted by Gasteiger charge is 2.25. The van der Waals surface area contributed by atoms with Crippen LogP contribution in [0.25, 0.3) is 0 Å². The smallest absolute Gasteiger partial charge is 0.288 e. The van der Waals surface area contributed by atoms with Gasteiger partial charge >= 0.3 is 0 Å². The number of carbonyl (C=O) groups is 2. The van der Waals surface area contributed by atoms with Crippen LogP contribution in [0.4, 0.5) is 8.78 Å². The first kappa shape index (κ1) is 17.5. The van der Waals surface area contributed by atoms with Crippen LogP contribution in [-0.4, -0.2) is 53.6 Å². The third kappa shape index (κ3) is 4.19. The molecule has 0 atom stereocenters. The van der Waals surface area contributed by atoms with Crippen LogP contribution in [-0.2, 0) is 0 Å². The lowest BCUT2D eigenvalue weighted by Crippen LogP contribution is -2.50. The fraction of sp³-hybridized carbons (Fsp3) is 0.294. The highest BCUT2D eigenvalue weighted by molar-refractivity contribution is 7.99. The highest BCUT2D eigenvalue weighted by atomic mass is 32.2. The second-order valence-electron chi connectivity index (χ2n) is 5.50. The minimum Gasteiger partial charge on any atom is -0.472 e. The number of rotatable bonds is 4. The van der Waals surface area contributed by atoms with E-state index in [1.807, 2.05) is 0 Å². The van der Waals surface area contributed by atoms with Crippen LogP contribution < -0.4 is 0 Å². The maximum Gasteiger partial charge on any atom is 0.288 e. The van der Waals surface area contributed by atoms with Crippen LogP contribution in [0.2, 0.25) is 0 Å². The molecule has 0 N–H and O–H groups in total. The Morgan fingerprint density at radius 2 is 1.48 bits per heavy atom. The number of alkyl halides is 2. The van der Waals surface area contributed by atoms with Gasteiger partial charge in [0.1, 0.15) is 6.26 Å². The van der Waals surface area contributed by atoms with Gasteiger partial charge < -0.3 is 14.2 Å². The third-order valence-corrected chi connectivity index (χ3v) is 4.67. The molecule has 0 bridgehead atoms. The average Bonchev–Trinajstić information content (AvgIpc) is 3.15. The van der Waals surface area contributed by atoms with Crippen LogP contribution >= 0.6 is 11.8 Å². The van der Waals surface area contributed by atoms with Crippen LogP contribution in [0.15, 0.2) is 52.2 Å². The van der Waals surface area contributed by atoms with Gasteiger partial charge in [-0.1, -0.05) is 11.8 Å². The number of carbonyl (C=O) groups excluding carboxylic acids is 2. The van der Waals surface area contributed by atoms with E-state index in [-0.39, 0.29) is 11.8 Å². The zero-order chi connectivity index (χ0) is 17.8. The maximum atomic E-state index is 12.5. The van der Waals surface area contributed by atoms with Crippen LogP contribution in [0, 0.1) is 0 Å². The first-order chi connectivity index (χ1) is 12.0. The molecule has 8 heteroatoms. The third-order valence-electron chi connectivity index (χ3n) is 3.95. The summed E-state index contributed by atoms with van der Waals surface area (Å²) >= 11 is 0.447. The SMILES string of the molecule is O=C(c1ccc(SC(F)F)cc1)N1CCN(C(=O)c2ccoc2)CC1. The van der Waals surface area contributed by atoms with E-state index in [9.17, 15) is 18.4 Å². The van der Waals surface area contributed by atoms with E-state index in [0.29, 0.717) is 54.0 Å². The summed E-state index contributed by atoms with van der Waals surface area (Å²) in [4.78, 5) is 28.5. The quantitative estimate of drug-likeness (QED) is 0.780. The van der Waals surface area contributed by atoms with Gasteiger partial charge in [0.2, 0.25) is 0 Å². The first-order valence-electron chi connectivity index (χ1n) is 7.70. The van der Waals surface area contributed by atoms with Crippen LogP contribution in [0.5, 0.6) is 0 Å². The number of amides is 2. The lowest BCUT2D eigenvalue weighted by atomic mass is 10.1. The molecule has 1 fully saturated rings. The van der Waals surface area contributed by atoms with Crippen molar-refractivity contribution in [2.75, 3.05) is 26.2 Å². The summed E-state index contributed by atoms with van der Waals surface area (Å²) in [6.07, 6.45) is 2.85. The number of thioether (sulfide) groups is 1. The molecule has 0 aliphatic carbocycles. The zero-order valence-electron chi connectivity index (χ0n) is 13.2. The second kappa shape index (κ2) is 7.69. The monoisotopic (exact) mass is 366 g/mol. The van der Waals surface area contributed by atoms with Gasteiger partial charge in [0.05, 0.1) is 11.8 Å². The van der Waals surface area contributed by atoms with Crippen molar-refractivity contribution in [1.29, 1.82) is 0 Å². The predicted molar refractivity (Wildman–Crippen MR) is 88.8 cm³/mol. The molecule has 0 saturated carbocycles. The Labute approximate surface area is 147 Å². The lowest BCUT2D eigenvalue weighted by Gasteiger charge is -2.34. The van der Waals surface area contributed by atoms with Gasteiger partial charge in [-0.25, -0.2) is 0 Å². The summed E-state index contributed by atoms with van der Waals surface area (Å²) in [5.74, 6) is -2.76. The molecule has 132 valence electrons. The number of nitrogens with zero attached hydrogens (tertiary/aromatic N) is 2. The fourth-order valence-corrected chi connectivity index (χ4v) is 3.14. The number of piperazine rings is 1. The standard InChI is InChI=1S/C17H16F2N2O3S/c18-17(19)25-14-3-1-12(2-4-14)15(22)20-6-8-21(9-7-20)16(23)13-5-10-24-11-13/h1-5,10-11,17H,6-9H2. The predicted octanol–water partition coefficient (Wildman–Crippen LogP) is 3.19. The minimum absolute atomic E-state index is 0.116. The Balaban J connectivity index is 1.57. The number of hydrogen-bond acceptors (Lipinski definition) is 4. The van der Waals surface area contributed by atoms with Crippen molar-refractivity contribution in [1.82, 2.24) is 9.80 Å². The van der Waals surface area contributed by atoms with Crippen molar-refractivity contribution >= 4 is 23.6 Å². The summed E-state index contributed by atoms with van der Waals surface area (Å²) in [5.41, 5.74) is 0.945. The molecule has 5 nitrogen and oxygen atoms in total.